The number of nitrogens with one attached hydrogen (secondary N) is 1. The molecule has 0 bridgehead atoms. The van der Waals surface area contributed by atoms with E-state index in [4.69, 9.17) is 4.74 Å². The van der Waals surface area contributed by atoms with Crippen molar-refractivity contribution in [3.05, 3.63) is 5.69 Å². The minimum Gasteiger partial charge on any atom is -0.468 e. The molecule has 0 saturated carbocycles. The maximum absolute atomic E-state index is 12.0. The van der Waals surface area contributed by atoms with Gasteiger partial charge in [-0.3, -0.25) is 14.4 Å². The second-order valence-electron chi connectivity index (χ2n) is 4.74. The number of nitrogens with zero attached hydrogens (tertiary/aromatic N) is 3. The zero-order valence-electron chi connectivity index (χ0n) is 12.4. The van der Waals surface area contributed by atoms with Crippen molar-refractivity contribution in [1.29, 1.82) is 0 Å². The van der Waals surface area contributed by atoms with E-state index in [1.165, 1.54) is 6.92 Å². The molecule has 1 aliphatic heterocycles. The first kappa shape index (κ1) is 14.9. The molecule has 0 spiro atoms. The number of hydrogen-bond acceptors (Lipinski definition) is 6. The molecular weight excluding hydrogens is 276 g/mol. The van der Waals surface area contributed by atoms with Gasteiger partial charge in [-0.25, -0.2) is 0 Å². The molecule has 1 N–H and O–H groups in total. The zero-order chi connectivity index (χ0) is 14.9. The lowest BCUT2D eigenvalue weighted by molar-refractivity contribution is 0.100. The van der Waals surface area contributed by atoms with Crippen molar-refractivity contribution in [3.8, 4) is 6.01 Å². The number of rotatable bonds is 5. The molecule has 3 atom stereocenters. The highest BCUT2D eigenvalue weighted by Crippen LogP contribution is 2.36. The molecule has 110 valence electrons. The third-order valence-electron chi connectivity index (χ3n) is 3.25. The van der Waals surface area contributed by atoms with Gasteiger partial charge in [0.1, 0.15) is 11.1 Å². The first-order valence-electron chi connectivity index (χ1n) is 6.53. The lowest BCUT2D eigenvalue weighted by atomic mass is 10.2. The van der Waals surface area contributed by atoms with Crippen LogP contribution in [-0.2, 0) is 0 Å². The molecule has 3 unspecified atom stereocenters. The fraction of sp³-hybridized carbons (Fsp3) is 0.615. The minimum absolute atomic E-state index is 0.00958. The van der Waals surface area contributed by atoms with Crippen LogP contribution in [0.5, 0.6) is 6.01 Å². The standard InChI is InChI=1S/C13H20N4O2S/c1-7-6-15-12(20-7)8(2)17-10(9(3)18)11(14-4)16-13(17)19-5/h6-8,12,14H,1-5H3. The number of anilines is 1. The summed E-state index contributed by atoms with van der Waals surface area (Å²) in [6.07, 6.45) is 1.95. The smallest absolute Gasteiger partial charge is 0.298 e. The number of Topliss-reactive ketones (excluding diaryl/α,β-unsaturated/α-hetero) is 1. The van der Waals surface area contributed by atoms with Gasteiger partial charge < -0.3 is 10.1 Å². The third kappa shape index (κ3) is 2.54. The van der Waals surface area contributed by atoms with Gasteiger partial charge in [0, 0.05) is 25.4 Å². The van der Waals surface area contributed by atoms with E-state index in [1.54, 1.807) is 25.9 Å². The number of aromatic nitrogens is 2. The van der Waals surface area contributed by atoms with Crippen LogP contribution < -0.4 is 10.1 Å². The highest BCUT2D eigenvalue weighted by molar-refractivity contribution is 8.01. The largest absolute Gasteiger partial charge is 0.468 e. The number of thioether (sulfide) groups is 1. The maximum Gasteiger partial charge on any atom is 0.298 e. The van der Waals surface area contributed by atoms with Crippen LogP contribution in [0.3, 0.4) is 0 Å². The van der Waals surface area contributed by atoms with Crippen molar-refractivity contribution >= 4 is 29.6 Å². The zero-order valence-corrected chi connectivity index (χ0v) is 13.2. The van der Waals surface area contributed by atoms with Crippen molar-refractivity contribution in [3.63, 3.8) is 0 Å². The summed E-state index contributed by atoms with van der Waals surface area (Å²) in [5, 5.41) is 3.40. The molecule has 0 amide bonds. The number of ketones is 1. The molecule has 7 heteroatoms. The number of imidazole rings is 1. The van der Waals surface area contributed by atoms with Crippen LogP contribution in [0.2, 0.25) is 0 Å². The average Bonchev–Trinajstić information content (AvgIpc) is 3.00. The summed E-state index contributed by atoms with van der Waals surface area (Å²) in [5.41, 5.74) is 0.534. The van der Waals surface area contributed by atoms with Crippen LogP contribution in [0.15, 0.2) is 4.99 Å². The molecule has 0 aliphatic carbocycles. The van der Waals surface area contributed by atoms with Crippen LogP contribution in [0.25, 0.3) is 0 Å². The quantitative estimate of drug-likeness (QED) is 0.844. The van der Waals surface area contributed by atoms with Gasteiger partial charge in [-0.05, 0) is 13.8 Å². The topological polar surface area (TPSA) is 68.5 Å². The lowest BCUT2D eigenvalue weighted by Gasteiger charge is -2.21. The van der Waals surface area contributed by atoms with Crippen LogP contribution in [0.1, 0.15) is 37.3 Å². The molecule has 0 saturated heterocycles. The van der Waals surface area contributed by atoms with Crippen molar-refractivity contribution in [2.75, 3.05) is 19.5 Å². The predicted molar refractivity (Wildman–Crippen MR) is 82.4 cm³/mol. The molecular formula is C13H20N4O2S. The van der Waals surface area contributed by atoms with Crippen LogP contribution in [0.4, 0.5) is 5.82 Å². The Kier molecular flexibility index (Phi) is 4.37. The van der Waals surface area contributed by atoms with Crippen LogP contribution in [0, 0.1) is 0 Å². The Balaban J connectivity index is 2.45. The molecule has 1 aliphatic rings. The second-order valence-corrected chi connectivity index (χ2v) is 6.24. The van der Waals surface area contributed by atoms with Crippen molar-refractivity contribution in [2.24, 2.45) is 4.99 Å². The molecule has 2 rings (SSSR count). The van der Waals surface area contributed by atoms with Gasteiger partial charge in [0.15, 0.2) is 11.6 Å². The predicted octanol–water partition coefficient (Wildman–Crippen LogP) is 2.23. The summed E-state index contributed by atoms with van der Waals surface area (Å²) in [4.78, 5) is 20.8. The lowest BCUT2D eigenvalue weighted by Crippen LogP contribution is -2.21. The Morgan fingerprint density at radius 1 is 1.60 bits per heavy atom. The summed E-state index contributed by atoms with van der Waals surface area (Å²) in [5.74, 6) is 0.498. The van der Waals surface area contributed by atoms with E-state index in [9.17, 15) is 4.79 Å². The van der Waals surface area contributed by atoms with Crippen molar-refractivity contribution in [1.82, 2.24) is 9.55 Å². The molecule has 1 aromatic heterocycles. The highest BCUT2D eigenvalue weighted by atomic mass is 32.2. The number of carbonyl (C=O) groups excluding carboxylic acids is 1. The Labute approximate surface area is 123 Å². The second kappa shape index (κ2) is 5.87. The van der Waals surface area contributed by atoms with Gasteiger partial charge in [-0.1, -0.05) is 0 Å². The Bertz CT molecular complexity index is 541. The summed E-state index contributed by atoms with van der Waals surface area (Å²) in [7, 11) is 3.30. The van der Waals surface area contributed by atoms with E-state index in [1.807, 2.05) is 17.7 Å². The van der Waals surface area contributed by atoms with Gasteiger partial charge in [-0.15, -0.1) is 11.8 Å². The van der Waals surface area contributed by atoms with Gasteiger partial charge in [0.05, 0.1) is 13.2 Å². The van der Waals surface area contributed by atoms with E-state index in [-0.39, 0.29) is 17.2 Å². The number of carbonyl (C=O) groups is 1. The SMILES string of the molecule is CNc1nc(OC)n(C(C)C2N=CC(C)S2)c1C(C)=O. The summed E-state index contributed by atoms with van der Waals surface area (Å²) in [6, 6.07) is 0.423. The normalized spacial score (nSPS) is 22.9. The molecule has 0 fully saturated rings. The monoisotopic (exact) mass is 296 g/mol. The van der Waals surface area contributed by atoms with Gasteiger partial charge in [0.25, 0.3) is 6.01 Å². The van der Waals surface area contributed by atoms with Gasteiger partial charge in [0.2, 0.25) is 0 Å². The number of ether oxygens (including phenoxy) is 1. The molecule has 0 aromatic carbocycles. The molecule has 1 aromatic rings. The fourth-order valence-corrected chi connectivity index (χ4v) is 3.38. The Morgan fingerprint density at radius 3 is 2.75 bits per heavy atom. The molecule has 2 heterocycles. The van der Waals surface area contributed by atoms with E-state index >= 15 is 0 Å². The van der Waals surface area contributed by atoms with Gasteiger partial charge in [-0.2, -0.15) is 4.98 Å². The van der Waals surface area contributed by atoms with Crippen molar-refractivity contribution in [2.45, 2.75) is 37.4 Å². The van der Waals surface area contributed by atoms with Crippen LogP contribution >= 0.6 is 11.8 Å². The fourth-order valence-electron chi connectivity index (χ4n) is 2.31. The van der Waals surface area contributed by atoms with E-state index in [0.29, 0.717) is 22.8 Å². The molecule has 6 nitrogen and oxygen atoms in total. The summed E-state index contributed by atoms with van der Waals surface area (Å²) < 4.78 is 7.16. The summed E-state index contributed by atoms with van der Waals surface area (Å²) >= 11 is 1.77. The first-order valence-corrected chi connectivity index (χ1v) is 7.47. The Hall–Kier alpha value is -1.50. The maximum atomic E-state index is 12.0. The van der Waals surface area contributed by atoms with E-state index in [0.717, 1.165) is 0 Å². The highest BCUT2D eigenvalue weighted by Gasteiger charge is 2.31. The molecule has 20 heavy (non-hydrogen) atoms. The first-order chi connectivity index (χ1) is 9.49. The minimum atomic E-state index is -0.0444. The van der Waals surface area contributed by atoms with Crippen LogP contribution in [-0.4, -0.2) is 46.3 Å². The van der Waals surface area contributed by atoms with E-state index < -0.39 is 0 Å². The Morgan fingerprint density at radius 2 is 2.30 bits per heavy atom. The third-order valence-corrected chi connectivity index (χ3v) is 4.59. The van der Waals surface area contributed by atoms with Crippen molar-refractivity contribution < 1.29 is 9.53 Å². The number of methoxy groups -OCH3 is 1. The molecule has 0 radical (unpaired) electrons. The average molecular weight is 296 g/mol. The van der Waals surface area contributed by atoms with Gasteiger partial charge >= 0.3 is 0 Å². The number of hydrogen-bond donors (Lipinski definition) is 1. The summed E-state index contributed by atoms with van der Waals surface area (Å²) in [6.45, 7) is 5.67. The number of aliphatic imine (C=N–C) groups is 1. The van der Waals surface area contributed by atoms with E-state index in [2.05, 4.69) is 22.2 Å².